The van der Waals surface area contributed by atoms with Crippen molar-refractivity contribution in [1.29, 1.82) is 0 Å². The summed E-state index contributed by atoms with van der Waals surface area (Å²) in [6, 6.07) is 18.2. The highest BCUT2D eigenvalue weighted by Crippen LogP contribution is 2.39. The molecule has 5 rings (SSSR count). The van der Waals surface area contributed by atoms with Gasteiger partial charge < -0.3 is 14.2 Å². The van der Waals surface area contributed by atoms with Crippen LogP contribution in [0.1, 0.15) is 34.1 Å². The zero-order valence-electron chi connectivity index (χ0n) is 18.0. The van der Waals surface area contributed by atoms with Crippen molar-refractivity contribution in [2.24, 2.45) is 0 Å². The summed E-state index contributed by atoms with van der Waals surface area (Å²) in [5, 5.41) is 2.83. The number of hydrogen-bond acceptors (Lipinski definition) is 4. The van der Waals surface area contributed by atoms with Crippen molar-refractivity contribution in [2.75, 3.05) is 27.2 Å². The van der Waals surface area contributed by atoms with E-state index in [0.29, 0.717) is 28.1 Å². The van der Waals surface area contributed by atoms with Gasteiger partial charge in [-0.05, 0) is 56.2 Å². The molecule has 0 saturated carbocycles. The lowest BCUT2D eigenvalue weighted by atomic mass is 9.97. The predicted molar refractivity (Wildman–Crippen MR) is 127 cm³/mol. The van der Waals surface area contributed by atoms with Gasteiger partial charge in [0.1, 0.15) is 5.58 Å². The largest absolute Gasteiger partial charge is 0.450 e. The molecule has 0 radical (unpaired) electrons. The van der Waals surface area contributed by atoms with E-state index >= 15 is 0 Å². The Balaban J connectivity index is 1.73. The van der Waals surface area contributed by atoms with E-state index in [2.05, 4.69) is 4.90 Å². The van der Waals surface area contributed by atoms with Gasteiger partial charge in [-0.25, -0.2) is 0 Å². The molecule has 0 spiro atoms. The quantitative estimate of drug-likeness (QED) is 0.400. The first-order valence-corrected chi connectivity index (χ1v) is 11.0. The second-order valence-corrected chi connectivity index (χ2v) is 8.89. The Morgan fingerprint density at radius 3 is 2.59 bits per heavy atom. The molecule has 0 saturated heterocycles. The molecule has 0 bridgehead atoms. The van der Waals surface area contributed by atoms with E-state index in [4.69, 9.17) is 16.0 Å². The molecule has 2 heterocycles. The van der Waals surface area contributed by atoms with Crippen LogP contribution in [0.25, 0.3) is 21.7 Å². The van der Waals surface area contributed by atoms with E-state index in [0.717, 1.165) is 29.3 Å². The Morgan fingerprint density at radius 2 is 1.81 bits per heavy atom. The molecule has 4 aromatic rings. The fraction of sp³-hybridized carbons (Fsp3) is 0.231. The van der Waals surface area contributed by atoms with Gasteiger partial charge in [0.25, 0.3) is 5.91 Å². The van der Waals surface area contributed by atoms with Crippen LogP contribution in [0.4, 0.5) is 0 Å². The molecule has 6 heteroatoms. The fourth-order valence-corrected chi connectivity index (χ4v) is 4.76. The van der Waals surface area contributed by atoms with Crippen LogP contribution in [0.2, 0.25) is 5.02 Å². The fourth-order valence-electron chi connectivity index (χ4n) is 4.56. The molecule has 0 N–H and O–H groups in total. The van der Waals surface area contributed by atoms with Crippen LogP contribution >= 0.6 is 11.6 Å². The maximum atomic E-state index is 13.7. The van der Waals surface area contributed by atoms with Crippen molar-refractivity contribution < 1.29 is 9.21 Å². The zero-order valence-corrected chi connectivity index (χ0v) is 18.7. The van der Waals surface area contributed by atoms with E-state index in [1.54, 1.807) is 17.0 Å². The maximum Gasteiger partial charge on any atom is 0.290 e. The van der Waals surface area contributed by atoms with Crippen LogP contribution in [0.3, 0.4) is 0 Å². The van der Waals surface area contributed by atoms with Gasteiger partial charge in [0, 0.05) is 17.0 Å². The van der Waals surface area contributed by atoms with Crippen molar-refractivity contribution >= 4 is 39.2 Å². The average Bonchev–Trinajstić information content (AvgIpc) is 3.06. The predicted octanol–water partition coefficient (Wildman–Crippen LogP) is 5.10. The molecule has 1 aliphatic heterocycles. The van der Waals surface area contributed by atoms with E-state index in [1.807, 2.05) is 62.6 Å². The van der Waals surface area contributed by atoms with Gasteiger partial charge in [0.15, 0.2) is 5.43 Å². The summed E-state index contributed by atoms with van der Waals surface area (Å²) in [6.07, 6.45) is 0.778. The maximum absolute atomic E-state index is 13.7. The van der Waals surface area contributed by atoms with Gasteiger partial charge >= 0.3 is 0 Å². The number of amides is 1. The van der Waals surface area contributed by atoms with Crippen LogP contribution in [-0.4, -0.2) is 42.9 Å². The second kappa shape index (κ2) is 8.08. The van der Waals surface area contributed by atoms with Gasteiger partial charge in [-0.15, -0.1) is 0 Å². The van der Waals surface area contributed by atoms with Gasteiger partial charge in [0.05, 0.1) is 17.0 Å². The van der Waals surface area contributed by atoms with Gasteiger partial charge in [0.2, 0.25) is 5.76 Å². The van der Waals surface area contributed by atoms with Gasteiger partial charge in [-0.3, -0.25) is 9.59 Å². The molecule has 32 heavy (non-hydrogen) atoms. The number of nitrogens with zero attached hydrogens (tertiary/aromatic N) is 2. The minimum absolute atomic E-state index is 0.133. The Hall–Kier alpha value is -3.15. The molecule has 3 aromatic carbocycles. The third-order valence-corrected chi connectivity index (χ3v) is 6.26. The van der Waals surface area contributed by atoms with Crippen LogP contribution in [-0.2, 0) is 0 Å². The standard InChI is InChI=1S/C26H23ClN2O3/c1-28(2)13-6-14-29-22(17-8-5-9-18(27)15-17)21-23(30)20-12-11-16-7-3-4-10-19(16)24(20)32-25(21)26(29)31/h3-5,7-12,15,22H,6,13-14H2,1-2H3. The first-order valence-electron chi connectivity index (χ1n) is 10.7. The Bertz CT molecular complexity index is 1410. The monoisotopic (exact) mass is 446 g/mol. The molecule has 162 valence electrons. The van der Waals surface area contributed by atoms with Crippen molar-refractivity contribution in [3.8, 4) is 0 Å². The summed E-state index contributed by atoms with van der Waals surface area (Å²) >= 11 is 6.27. The third kappa shape index (κ3) is 3.38. The summed E-state index contributed by atoms with van der Waals surface area (Å²) in [4.78, 5) is 31.1. The number of fused-ring (bicyclic) bond motifs is 4. The molecule has 0 aliphatic carbocycles. The summed E-state index contributed by atoms with van der Waals surface area (Å²) in [5.41, 5.74) is 1.49. The third-order valence-electron chi connectivity index (χ3n) is 6.03. The van der Waals surface area contributed by atoms with E-state index in [-0.39, 0.29) is 17.1 Å². The minimum Gasteiger partial charge on any atom is -0.450 e. The van der Waals surface area contributed by atoms with Crippen molar-refractivity contribution in [3.05, 3.63) is 92.8 Å². The number of hydrogen-bond donors (Lipinski definition) is 0. The summed E-state index contributed by atoms with van der Waals surface area (Å²) in [6.45, 7) is 1.34. The molecular weight excluding hydrogens is 424 g/mol. The number of halogens is 1. The van der Waals surface area contributed by atoms with Crippen LogP contribution < -0.4 is 5.43 Å². The average molecular weight is 447 g/mol. The molecule has 1 aliphatic rings. The smallest absolute Gasteiger partial charge is 0.290 e. The Morgan fingerprint density at radius 1 is 1.00 bits per heavy atom. The van der Waals surface area contributed by atoms with Crippen molar-refractivity contribution in [3.63, 3.8) is 0 Å². The highest BCUT2D eigenvalue weighted by molar-refractivity contribution is 6.30. The van der Waals surface area contributed by atoms with E-state index in [1.165, 1.54) is 0 Å². The SMILES string of the molecule is CN(C)CCCN1C(=O)c2oc3c(ccc4ccccc43)c(=O)c2C1c1cccc(Cl)c1. The number of benzene rings is 3. The highest BCUT2D eigenvalue weighted by Gasteiger charge is 2.42. The highest BCUT2D eigenvalue weighted by atomic mass is 35.5. The molecule has 1 aromatic heterocycles. The van der Waals surface area contributed by atoms with Crippen LogP contribution in [0, 0.1) is 0 Å². The Labute approximate surface area is 190 Å². The molecule has 1 unspecified atom stereocenters. The summed E-state index contributed by atoms with van der Waals surface area (Å²) in [7, 11) is 4.00. The first-order chi connectivity index (χ1) is 15.5. The summed E-state index contributed by atoms with van der Waals surface area (Å²) in [5.74, 6) is -0.121. The van der Waals surface area contributed by atoms with Gasteiger partial charge in [-0.2, -0.15) is 0 Å². The lowest BCUT2D eigenvalue weighted by Gasteiger charge is -2.25. The summed E-state index contributed by atoms with van der Waals surface area (Å²) < 4.78 is 6.22. The topological polar surface area (TPSA) is 53.8 Å². The zero-order chi connectivity index (χ0) is 22.4. The van der Waals surface area contributed by atoms with Crippen molar-refractivity contribution in [2.45, 2.75) is 12.5 Å². The lowest BCUT2D eigenvalue weighted by molar-refractivity contribution is 0.0722. The molecular formula is C26H23ClN2O3. The minimum atomic E-state index is -0.523. The first kappa shape index (κ1) is 20.7. The van der Waals surface area contributed by atoms with Crippen LogP contribution in [0.15, 0.2) is 69.9 Å². The Kier molecular flexibility index (Phi) is 5.24. The van der Waals surface area contributed by atoms with E-state index in [9.17, 15) is 9.59 Å². The lowest BCUT2D eigenvalue weighted by Crippen LogP contribution is -2.32. The second-order valence-electron chi connectivity index (χ2n) is 8.45. The molecule has 1 amide bonds. The van der Waals surface area contributed by atoms with Crippen molar-refractivity contribution in [1.82, 2.24) is 9.80 Å². The van der Waals surface area contributed by atoms with Gasteiger partial charge in [-0.1, -0.05) is 54.1 Å². The van der Waals surface area contributed by atoms with E-state index < -0.39 is 6.04 Å². The number of carbonyl (C=O) groups excluding carboxylic acids is 1. The van der Waals surface area contributed by atoms with Crippen LogP contribution in [0.5, 0.6) is 0 Å². The molecule has 5 nitrogen and oxygen atoms in total. The number of rotatable bonds is 5. The molecule has 1 atom stereocenters. The number of carbonyl (C=O) groups is 1. The molecule has 0 fully saturated rings. The normalized spacial score (nSPS) is 15.8.